The first-order valence-electron chi connectivity index (χ1n) is 8.73. The van der Waals surface area contributed by atoms with Gasteiger partial charge in [-0.05, 0) is 47.0 Å². The predicted molar refractivity (Wildman–Crippen MR) is 103 cm³/mol. The largest absolute Gasteiger partial charge is 0.484 e. The van der Waals surface area contributed by atoms with Gasteiger partial charge in [0.1, 0.15) is 18.4 Å². The Kier molecular flexibility index (Phi) is 7.41. The van der Waals surface area contributed by atoms with Crippen molar-refractivity contribution in [2.45, 2.75) is 46.3 Å². The van der Waals surface area contributed by atoms with E-state index in [-0.39, 0.29) is 12.5 Å². The molecule has 1 aromatic carbocycles. The van der Waals surface area contributed by atoms with Crippen LogP contribution in [0.5, 0.6) is 5.75 Å². The van der Waals surface area contributed by atoms with Gasteiger partial charge in [0.2, 0.25) is 0 Å². The van der Waals surface area contributed by atoms with Crippen molar-refractivity contribution in [2.75, 3.05) is 0 Å². The highest BCUT2D eigenvalue weighted by Gasteiger charge is 2.27. The van der Waals surface area contributed by atoms with Gasteiger partial charge < -0.3 is 19.7 Å². The Balaban J connectivity index is 2.06. The van der Waals surface area contributed by atoms with E-state index in [1.807, 2.05) is 20.8 Å². The van der Waals surface area contributed by atoms with Gasteiger partial charge in [-0.25, -0.2) is 4.79 Å². The maximum atomic E-state index is 12.5. The Bertz CT molecular complexity index is 801. The molecule has 0 saturated heterocycles. The van der Waals surface area contributed by atoms with Crippen molar-refractivity contribution in [3.63, 3.8) is 0 Å². The fourth-order valence-electron chi connectivity index (χ4n) is 2.76. The zero-order valence-corrected chi connectivity index (χ0v) is 17.1. The molecule has 8 heteroatoms. The van der Waals surface area contributed by atoms with Crippen LogP contribution in [-0.4, -0.2) is 28.2 Å². The fraction of sp³-hybridized carbons (Fsp3) is 0.421. The maximum absolute atomic E-state index is 12.5. The van der Waals surface area contributed by atoms with E-state index in [0.29, 0.717) is 34.4 Å². The van der Waals surface area contributed by atoms with Crippen LogP contribution in [0.1, 0.15) is 48.5 Å². The summed E-state index contributed by atoms with van der Waals surface area (Å²) in [4.78, 5) is 24.0. The molecule has 0 aliphatic heterocycles. The van der Waals surface area contributed by atoms with Crippen molar-refractivity contribution in [2.24, 2.45) is 5.92 Å². The molecule has 1 atom stereocenters. The molecule has 0 aliphatic rings. The number of halogens is 1. The lowest BCUT2D eigenvalue weighted by atomic mass is 9.94. The molecule has 1 amide bonds. The van der Waals surface area contributed by atoms with Crippen molar-refractivity contribution in [1.82, 2.24) is 10.5 Å². The first-order valence-corrected chi connectivity index (χ1v) is 9.53. The summed E-state index contributed by atoms with van der Waals surface area (Å²) in [6.07, 6.45) is 1.34. The molecule has 1 aromatic heterocycles. The van der Waals surface area contributed by atoms with Gasteiger partial charge in [-0.3, -0.25) is 4.79 Å². The van der Waals surface area contributed by atoms with E-state index in [1.165, 1.54) is 0 Å². The van der Waals surface area contributed by atoms with Crippen LogP contribution in [0.15, 0.2) is 33.3 Å². The predicted octanol–water partition coefficient (Wildman–Crippen LogP) is 3.94. The number of carbonyl (C=O) groups is 2. The molecule has 27 heavy (non-hydrogen) atoms. The first-order chi connectivity index (χ1) is 12.8. The van der Waals surface area contributed by atoms with Crippen LogP contribution in [0.3, 0.4) is 0 Å². The summed E-state index contributed by atoms with van der Waals surface area (Å²) >= 11 is 3.38. The minimum atomic E-state index is -1.03. The smallest absolute Gasteiger partial charge is 0.326 e. The highest BCUT2D eigenvalue weighted by molar-refractivity contribution is 9.10. The normalized spacial score (nSPS) is 12.0. The van der Waals surface area contributed by atoms with E-state index >= 15 is 0 Å². The Labute approximate surface area is 166 Å². The zero-order chi connectivity index (χ0) is 20.0. The van der Waals surface area contributed by atoms with Gasteiger partial charge in [-0.1, -0.05) is 31.8 Å². The number of carbonyl (C=O) groups excluding carboxylic acids is 1. The number of aromatic nitrogens is 1. The summed E-state index contributed by atoms with van der Waals surface area (Å²) in [5.74, 6) is -0.459. The molecule has 2 rings (SSSR count). The molecule has 146 valence electrons. The minimum Gasteiger partial charge on any atom is -0.484 e. The van der Waals surface area contributed by atoms with Gasteiger partial charge >= 0.3 is 5.97 Å². The van der Waals surface area contributed by atoms with Gasteiger partial charge in [0.25, 0.3) is 5.91 Å². The first kappa shape index (κ1) is 21.0. The molecule has 0 bridgehead atoms. The van der Waals surface area contributed by atoms with E-state index < -0.39 is 17.9 Å². The number of aryl methyl sites for hydroxylation is 1. The zero-order valence-electron chi connectivity index (χ0n) is 15.5. The second kappa shape index (κ2) is 9.55. The molecule has 0 saturated carbocycles. The number of carboxylic acid groups (broad SMARTS) is 1. The van der Waals surface area contributed by atoms with E-state index in [4.69, 9.17) is 9.26 Å². The van der Waals surface area contributed by atoms with E-state index in [0.717, 1.165) is 5.69 Å². The molecular weight excluding hydrogens is 416 g/mol. The molecular formula is C19H23BrN2O5. The van der Waals surface area contributed by atoms with Gasteiger partial charge in [-0.2, -0.15) is 0 Å². The molecule has 7 nitrogen and oxygen atoms in total. The lowest BCUT2D eigenvalue weighted by Crippen LogP contribution is -2.45. The number of amides is 1. The lowest BCUT2D eigenvalue weighted by Gasteiger charge is -2.22. The van der Waals surface area contributed by atoms with E-state index in [2.05, 4.69) is 26.4 Å². The number of carboxylic acids is 1. The monoisotopic (exact) mass is 438 g/mol. The SMILES string of the molecule is CCC(CC)C(NC(=O)c1ccc(OCc2cc(C)no2)c(Br)c1)C(=O)O. The maximum Gasteiger partial charge on any atom is 0.326 e. The van der Waals surface area contributed by atoms with Gasteiger partial charge in [0.05, 0.1) is 10.2 Å². The Morgan fingerprint density at radius 2 is 2.00 bits per heavy atom. The molecule has 2 aromatic rings. The second-order valence-electron chi connectivity index (χ2n) is 6.23. The van der Waals surface area contributed by atoms with Crippen molar-refractivity contribution in [1.29, 1.82) is 0 Å². The molecule has 0 fully saturated rings. The Morgan fingerprint density at radius 1 is 1.30 bits per heavy atom. The molecule has 2 N–H and O–H groups in total. The van der Waals surface area contributed by atoms with Crippen LogP contribution in [0.25, 0.3) is 0 Å². The molecule has 1 unspecified atom stereocenters. The number of hydrogen-bond acceptors (Lipinski definition) is 5. The quantitative estimate of drug-likeness (QED) is 0.614. The van der Waals surface area contributed by atoms with E-state index in [1.54, 1.807) is 24.3 Å². The topological polar surface area (TPSA) is 102 Å². The molecule has 0 radical (unpaired) electrons. The molecule has 0 aliphatic carbocycles. The molecule has 0 spiro atoms. The summed E-state index contributed by atoms with van der Waals surface area (Å²) in [7, 11) is 0. The van der Waals surface area contributed by atoms with Gasteiger partial charge in [-0.15, -0.1) is 0 Å². The Morgan fingerprint density at radius 3 is 2.52 bits per heavy atom. The van der Waals surface area contributed by atoms with Crippen molar-refractivity contribution in [3.8, 4) is 5.75 Å². The summed E-state index contributed by atoms with van der Waals surface area (Å²) in [6, 6.07) is 5.70. The second-order valence-corrected chi connectivity index (χ2v) is 7.09. The number of nitrogens with one attached hydrogen (secondary N) is 1. The summed E-state index contributed by atoms with van der Waals surface area (Å²) < 4.78 is 11.3. The van der Waals surface area contributed by atoms with Gasteiger partial charge in [0, 0.05) is 11.6 Å². The van der Waals surface area contributed by atoms with Crippen LogP contribution in [0, 0.1) is 12.8 Å². The third-order valence-electron chi connectivity index (χ3n) is 4.31. The van der Waals surface area contributed by atoms with Crippen LogP contribution in [0.4, 0.5) is 0 Å². The average molecular weight is 439 g/mol. The van der Waals surface area contributed by atoms with Crippen LogP contribution < -0.4 is 10.1 Å². The minimum absolute atomic E-state index is 0.122. The van der Waals surface area contributed by atoms with Crippen molar-refractivity contribution in [3.05, 3.63) is 45.8 Å². The number of hydrogen-bond donors (Lipinski definition) is 2. The summed E-state index contributed by atoms with van der Waals surface area (Å²) in [5, 5.41) is 15.8. The van der Waals surface area contributed by atoms with E-state index in [9.17, 15) is 14.7 Å². The van der Waals surface area contributed by atoms with Gasteiger partial charge in [0.15, 0.2) is 5.76 Å². The van der Waals surface area contributed by atoms with Crippen LogP contribution in [0.2, 0.25) is 0 Å². The van der Waals surface area contributed by atoms with Crippen LogP contribution >= 0.6 is 15.9 Å². The van der Waals surface area contributed by atoms with Crippen molar-refractivity contribution < 1.29 is 24.0 Å². The summed E-state index contributed by atoms with van der Waals surface area (Å²) in [6.45, 7) is 5.85. The van der Waals surface area contributed by atoms with Crippen molar-refractivity contribution >= 4 is 27.8 Å². The average Bonchev–Trinajstić information content (AvgIpc) is 3.05. The standard InChI is InChI=1S/C19H23BrN2O5/c1-4-12(5-2)17(19(24)25)21-18(23)13-6-7-16(15(20)9-13)26-10-14-8-11(3)22-27-14/h6-9,12,17H,4-5,10H2,1-3H3,(H,21,23)(H,24,25). The molecule has 1 heterocycles. The number of aliphatic carboxylic acids is 1. The fourth-order valence-corrected chi connectivity index (χ4v) is 3.25. The number of rotatable bonds is 9. The highest BCUT2D eigenvalue weighted by Crippen LogP contribution is 2.27. The lowest BCUT2D eigenvalue weighted by molar-refractivity contribution is -0.140. The number of nitrogens with zero attached hydrogens (tertiary/aromatic N) is 1. The van der Waals surface area contributed by atoms with Crippen LogP contribution in [-0.2, 0) is 11.4 Å². The summed E-state index contributed by atoms with van der Waals surface area (Å²) in [5.41, 5.74) is 1.12. The third kappa shape index (κ3) is 5.56. The highest BCUT2D eigenvalue weighted by atomic mass is 79.9. The third-order valence-corrected chi connectivity index (χ3v) is 4.93. The number of benzene rings is 1. The number of ether oxygens (including phenoxy) is 1. The Hall–Kier alpha value is -2.35.